The summed E-state index contributed by atoms with van der Waals surface area (Å²) in [5, 5.41) is 12.2. The number of nitrogens with one attached hydrogen (secondary N) is 1. The van der Waals surface area contributed by atoms with Crippen molar-refractivity contribution in [3.05, 3.63) is 33.4 Å². The van der Waals surface area contributed by atoms with Crippen LogP contribution in [0.25, 0.3) is 5.65 Å². The van der Waals surface area contributed by atoms with Crippen molar-refractivity contribution in [3.8, 4) is 0 Å². The zero-order valence-electron chi connectivity index (χ0n) is 11.7. The summed E-state index contributed by atoms with van der Waals surface area (Å²) in [7, 11) is 0. The average Bonchev–Trinajstić information content (AvgIpc) is 2.80. The molecule has 5 nitrogen and oxygen atoms in total. The molecule has 2 rings (SSSR count). The van der Waals surface area contributed by atoms with Crippen LogP contribution in [0.15, 0.2) is 10.9 Å². The fourth-order valence-electron chi connectivity index (χ4n) is 2.53. The van der Waals surface area contributed by atoms with Crippen molar-refractivity contribution in [2.45, 2.75) is 46.0 Å². The third-order valence-electron chi connectivity index (χ3n) is 3.72. The van der Waals surface area contributed by atoms with Crippen LogP contribution in [0.1, 0.15) is 49.6 Å². The third-order valence-corrected chi connectivity index (χ3v) is 3.72. The van der Waals surface area contributed by atoms with Crippen LogP contribution in [-0.4, -0.2) is 26.3 Å². The normalized spacial score (nSPS) is 11.6. The maximum Gasteiger partial charge on any atom is 0.276 e. The molecule has 2 aromatic heterocycles. The Morgan fingerprint density at radius 1 is 1.42 bits per heavy atom. The molecule has 0 saturated heterocycles. The van der Waals surface area contributed by atoms with Crippen LogP contribution in [0.4, 0.5) is 0 Å². The van der Waals surface area contributed by atoms with E-state index in [1.54, 1.807) is 0 Å². The maximum atomic E-state index is 12.3. The predicted octanol–water partition coefficient (Wildman–Crippen LogP) is 1.77. The summed E-state index contributed by atoms with van der Waals surface area (Å²) in [5.74, 6) is 0.419. The Labute approximate surface area is 112 Å². The summed E-state index contributed by atoms with van der Waals surface area (Å²) < 4.78 is 1.49. The van der Waals surface area contributed by atoms with E-state index in [0.29, 0.717) is 29.2 Å². The fraction of sp³-hybridized carbons (Fsp3) is 0.571. The van der Waals surface area contributed by atoms with E-state index < -0.39 is 0 Å². The largest absolute Gasteiger partial charge is 0.396 e. The van der Waals surface area contributed by atoms with Gasteiger partial charge in [0.25, 0.3) is 5.56 Å². The minimum Gasteiger partial charge on any atom is -0.396 e. The molecule has 0 spiro atoms. The summed E-state index contributed by atoms with van der Waals surface area (Å²) in [6.45, 7) is 6.05. The van der Waals surface area contributed by atoms with Gasteiger partial charge < -0.3 is 5.11 Å². The molecule has 0 bridgehead atoms. The van der Waals surface area contributed by atoms with E-state index in [2.05, 4.69) is 23.9 Å². The van der Waals surface area contributed by atoms with E-state index in [0.717, 1.165) is 18.5 Å². The number of hydrogen-bond donors (Lipinski definition) is 2. The smallest absolute Gasteiger partial charge is 0.276 e. The molecule has 2 N–H and O–H groups in total. The Balaban J connectivity index is 2.60. The SMILES string of the molecule is CCC(CC)c1cc2nc(C)c(CCO)c(=O)n2[nH]1. The van der Waals surface area contributed by atoms with Crippen LogP contribution in [0.5, 0.6) is 0 Å². The summed E-state index contributed by atoms with van der Waals surface area (Å²) in [5.41, 5.74) is 2.89. The topological polar surface area (TPSA) is 70.4 Å². The van der Waals surface area contributed by atoms with Gasteiger partial charge in [-0.05, 0) is 19.8 Å². The number of nitrogens with zero attached hydrogens (tertiary/aromatic N) is 2. The Morgan fingerprint density at radius 3 is 2.68 bits per heavy atom. The number of fused-ring (bicyclic) bond motifs is 1. The van der Waals surface area contributed by atoms with Gasteiger partial charge in [0, 0.05) is 42.0 Å². The molecule has 0 aliphatic carbocycles. The third kappa shape index (κ3) is 2.42. The Bertz CT molecular complexity index is 623. The standard InChI is InChI=1S/C14H21N3O2/c1-4-10(5-2)12-8-13-15-9(3)11(6-7-18)14(19)17(13)16-12/h8,10,16,18H,4-7H2,1-3H3. The lowest BCUT2D eigenvalue weighted by Gasteiger charge is -2.08. The van der Waals surface area contributed by atoms with Gasteiger partial charge in [0.1, 0.15) is 0 Å². The second kappa shape index (κ2) is 5.57. The van der Waals surface area contributed by atoms with Crippen LogP contribution in [0.3, 0.4) is 0 Å². The van der Waals surface area contributed by atoms with Crippen LogP contribution in [0.2, 0.25) is 0 Å². The first-order valence-corrected chi connectivity index (χ1v) is 6.84. The quantitative estimate of drug-likeness (QED) is 0.863. The number of aliphatic hydroxyl groups excluding tert-OH is 1. The molecule has 0 fully saturated rings. The van der Waals surface area contributed by atoms with Crippen LogP contribution >= 0.6 is 0 Å². The fourth-order valence-corrected chi connectivity index (χ4v) is 2.53. The first-order chi connectivity index (χ1) is 9.12. The van der Waals surface area contributed by atoms with Crippen molar-refractivity contribution in [1.82, 2.24) is 14.6 Å². The number of aryl methyl sites for hydroxylation is 1. The molecular weight excluding hydrogens is 242 g/mol. The van der Waals surface area contributed by atoms with E-state index in [-0.39, 0.29) is 12.2 Å². The van der Waals surface area contributed by atoms with Crippen molar-refractivity contribution in [2.24, 2.45) is 0 Å². The first-order valence-electron chi connectivity index (χ1n) is 6.84. The van der Waals surface area contributed by atoms with Crippen molar-refractivity contribution in [3.63, 3.8) is 0 Å². The minimum absolute atomic E-state index is 0.0378. The Hall–Kier alpha value is -1.62. The number of H-pyrrole nitrogens is 1. The molecule has 2 aromatic rings. The van der Waals surface area contributed by atoms with Gasteiger partial charge in [-0.15, -0.1) is 0 Å². The average molecular weight is 263 g/mol. The van der Waals surface area contributed by atoms with E-state index in [4.69, 9.17) is 5.11 Å². The highest BCUT2D eigenvalue weighted by atomic mass is 16.3. The second-order valence-corrected chi connectivity index (χ2v) is 4.87. The molecule has 0 atom stereocenters. The van der Waals surface area contributed by atoms with Gasteiger partial charge in [0.15, 0.2) is 5.65 Å². The minimum atomic E-state index is -0.103. The highest BCUT2D eigenvalue weighted by molar-refractivity contribution is 5.42. The van der Waals surface area contributed by atoms with Gasteiger partial charge in [0.2, 0.25) is 0 Å². The lowest BCUT2D eigenvalue weighted by atomic mass is 10.00. The number of aromatic nitrogens is 3. The first kappa shape index (κ1) is 13.8. The molecule has 19 heavy (non-hydrogen) atoms. The van der Waals surface area contributed by atoms with E-state index in [1.807, 2.05) is 13.0 Å². The molecule has 0 amide bonds. The monoisotopic (exact) mass is 263 g/mol. The molecule has 0 unspecified atom stereocenters. The van der Waals surface area contributed by atoms with Crippen LogP contribution < -0.4 is 5.56 Å². The summed E-state index contributed by atoms with van der Waals surface area (Å²) >= 11 is 0. The van der Waals surface area contributed by atoms with Gasteiger partial charge in [-0.1, -0.05) is 13.8 Å². The number of aliphatic hydroxyl groups is 1. The molecule has 0 saturated carbocycles. The highest BCUT2D eigenvalue weighted by Gasteiger charge is 2.15. The lowest BCUT2D eigenvalue weighted by Crippen LogP contribution is -2.22. The molecular formula is C14H21N3O2. The Kier molecular flexibility index (Phi) is 4.04. The highest BCUT2D eigenvalue weighted by Crippen LogP contribution is 2.22. The van der Waals surface area contributed by atoms with Gasteiger partial charge in [-0.2, -0.15) is 0 Å². The maximum absolute atomic E-state index is 12.3. The molecule has 0 aliphatic heterocycles. The lowest BCUT2D eigenvalue weighted by molar-refractivity contribution is 0.298. The van der Waals surface area contributed by atoms with Gasteiger partial charge in [0.05, 0.1) is 0 Å². The zero-order chi connectivity index (χ0) is 14.0. The van der Waals surface area contributed by atoms with Crippen LogP contribution in [0, 0.1) is 6.92 Å². The molecule has 0 radical (unpaired) electrons. The van der Waals surface area contributed by atoms with E-state index in [1.165, 1.54) is 4.52 Å². The summed E-state index contributed by atoms with van der Waals surface area (Å²) in [6, 6.07) is 1.95. The molecule has 104 valence electrons. The Morgan fingerprint density at radius 2 is 2.11 bits per heavy atom. The van der Waals surface area contributed by atoms with Gasteiger partial charge >= 0.3 is 0 Å². The van der Waals surface area contributed by atoms with Crippen molar-refractivity contribution < 1.29 is 5.11 Å². The molecule has 5 heteroatoms. The van der Waals surface area contributed by atoms with Crippen molar-refractivity contribution in [1.29, 1.82) is 0 Å². The van der Waals surface area contributed by atoms with Gasteiger partial charge in [-0.3, -0.25) is 9.89 Å². The van der Waals surface area contributed by atoms with E-state index >= 15 is 0 Å². The summed E-state index contributed by atoms with van der Waals surface area (Å²) in [4.78, 5) is 16.8. The van der Waals surface area contributed by atoms with Crippen molar-refractivity contribution in [2.75, 3.05) is 6.61 Å². The predicted molar refractivity (Wildman–Crippen MR) is 74.7 cm³/mol. The molecule has 2 heterocycles. The van der Waals surface area contributed by atoms with Gasteiger partial charge in [-0.25, -0.2) is 9.50 Å². The van der Waals surface area contributed by atoms with Crippen LogP contribution in [-0.2, 0) is 6.42 Å². The second-order valence-electron chi connectivity index (χ2n) is 4.87. The van der Waals surface area contributed by atoms with Crippen molar-refractivity contribution >= 4 is 5.65 Å². The zero-order valence-corrected chi connectivity index (χ0v) is 11.7. The molecule has 0 aliphatic rings. The number of rotatable bonds is 5. The van der Waals surface area contributed by atoms with E-state index in [9.17, 15) is 4.79 Å². The summed E-state index contributed by atoms with van der Waals surface area (Å²) in [6.07, 6.45) is 2.40. The molecule has 0 aromatic carbocycles. The number of aromatic amines is 1. The number of hydrogen-bond acceptors (Lipinski definition) is 3.